The molecule has 0 saturated carbocycles. The van der Waals surface area contributed by atoms with Crippen LogP contribution in [0.15, 0.2) is 22.7 Å². The highest BCUT2D eigenvalue weighted by atomic mass is 16.3. The Hall–Kier alpha value is -2.74. The van der Waals surface area contributed by atoms with Crippen LogP contribution in [0.2, 0.25) is 0 Å². The van der Waals surface area contributed by atoms with Gasteiger partial charge in [-0.1, -0.05) is 0 Å². The molecule has 0 aliphatic carbocycles. The number of anilines is 1. The summed E-state index contributed by atoms with van der Waals surface area (Å²) in [5.41, 5.74) is 2.37. The first-order valence-electron chi connectivity index (χ1n) is 9.50. The maximum Gasteiger partial charge on any atom is 0.245 e. The summed E-state index contributed by atoms with van der Waals surface area (Å²) in [6.07, 6.45) is 2.72. The van der Waals surface area contributed by atoms with Crippen molar-refractivity contribution < 1.29 is 9.52 Å². The van der Waals surface area contributed by atoms with Crippen LogP contribution in [0.1, 0.15) is 33.1 Å². The van der Waals surface area contributed by atoms with Crippen molar-refractivity contribution in [3.63, 3.8) is 0 Å². The summed E-state index contributed by atoms with van der Waals surface area (Å²) in [6.45, 7) is 10.2. The molecule has 2 aromatic heterocycles. The molecule has 1 saturated heterocycles. The second kappa shape index (κ2) is 6.70. The number of aromatic hydroxyl groups is 1. The Kier molecular flexibility index (Phi) is 4.45. The Morgan fingerprint density at radius 1 is 1.25 bits per heavy atom. The van der Waals surface area contributed by atoms with Crippen LogP contribution in [-0.4, -0.2) is 61.9 Å². The monoisotopic (exact) mass is 382 g/mol. The van der Waals surface area contributed by atoms with E-state index in [0.717, 1.165) is 19.5 Å². The molecule has 3 heterocycles. The maximum atomic E-state index is 10.3. The largest absolute Gasteiger partial charge is 0.507 e. The van der Waals surface area contributed by atoms with E-state index in [2.05, 4.69) is 57.8 Å². The van der Waals surface area contributed by atoms with Gasteiger partial charge >= 0.3 is 0 Å². The number of aryl methyl sites for hydroxylation is 1. The van der Waals surface area contributed by atoms with E-state index >= 15 is 0 Å². The molecule has 148 valence electrons. The fourth-order valence-electron chi connectivity index (χ4n) is 3.61. The number of likely N-dealkylation sites (N-methyl/N-ethyl adjacent to an activating group) is 1. The fraction of sp³-hybridized carbons (Fsp3) is 0.500. The standard InChI is InChI=1S/C20H26N6O2/c1-12-22-15-9-17(27)14(8-18(15)28-12)16-10-21-19(24-23-16)26-7-6-13(11-26)25(5)20(2,3)4/h8-10,13,27H,6-7,11H2,1-5H3/t13-/m1/s1. The molecule has 1 atom stereocenters. The number of oxazole rings is 1. The lowest BCUT2D eigenvalue weighted by Gasteiger charge is -2.36. The van der Waals surface area contributed by atoms with E-state index in [9.17, 15) is 5.11 Å². The summed E-state index contributed by atoms with van der Waals surface area (Å²) < 4.78 is 5.55. The second-order valence-electron chi connectivity index (χ2n) is 8.38. The first-order chi connectivity index (χ1) is 13.2. The van der Waals surface area contributed by atoms with Crippen molar-refractivity contribution in [1.82, 2.24) is 25.1 Å². The van der Waals surface area contributed by atoms with Crippen molar-refractivity contribution in [3.8, 4) is 17.0 Å². The molecule has 1 aliphatic rings. The lowest BCUT2D eigenvalue weighted by molar-refractivity contribution is 0.127. The molecule has 0 unspecified atom stereocenters. The molecule has 0 radical (unpaired) electrons. The molecule has 8 nitrogen and oxygen atoms in total. The molecule has 28 heavy (non-hydrogen) atoms. The van der Waals surface area contributed by atoms with Gasteiger partial charge in [-0.2, -0.15) is 0 Å². The van der Waals surface area contributed by atoms with Crippen LogP contribution in [0.4, 0.5) is 5.95 Å². The third kappa shape index (κ3) is 3.40. The van der Waals surface area contributed by atoms with E-state index in [-0.39, 0.29) is 11.3 Å². The molecule has 0 amide bonds. The number of hydrogen-bond acceptors (Lipinski definition) is 8. The van der Waals surface area contributed by atoms with Gasteiger partial charge < -0.3 is 14.4 Å². The minimum atomic E-state index is 0.0812. The van der Waals surface area contributed by atoms with Gasteiger partial charge in [-0.25, -0.2) is 9.97 Å². The van der Waals surface area contributed by atoms with E-state index in [4.69, 9.17) is 4.42 Å². The minimum Gasteiger partial charge on any atom is -0.507 e. The average molecular weight is 382 g/mol. The minimum absolute atomic E-state index is 0.0812. The first kappa shape index (κ1) is 18.6. The number of hydrogen-bond donors (Lipinski definition) is 1. The summed E-state index contributed by atoms with van der Waals surface area (Å²) in [5, 5.41) is 18.9. The SMILES string of the molecule is Cc1nc2cc(O)c(-c3cnc(N4CC[C@@H](N(C)C(C)(C)C)C4)nn3)cc2o1. The van der Waals surface area contributed by atoms with Crippen LogP contribution in [0.25, 0.3) is 22.4 Å². The molecular formula is C20H26N6O2. The first-order valence-corrected chi connectivity index (χ1v) is 9.50. The lowest BCUT2D eigenvalue weighted by Crippen LogP contribution is -2.46. The number of rotatable bonds is 3. The Morgan fingerprint density at radius 2 is 2.04 bits per heavy atom. The topological polar surface area (TPSA) is 91.4 Å². The lowest BCUT2D eigenvalue weighted by atomic mass is 10.0. The van der Waals surface area contributed by atoms with E-state index in [0.29, 0.717) is 40.2 Å². The molecule has 1 aliphatic heterocycles. The number of phenolic OH excluding ortho intramolecular Hbond substituents is 1. The van der Waals surface area contributed by atoms with Gasteiger partial charge in [0.25, 0.3) is 0 Å². The number of aromatic nitrogens is 4. The third-order valence-electron chi connectivity index (χ3n) is 5.49. The van der Waals surface area contributed by atoms with E-state index < -0.39 is 0 Å². The Labute approximate surface area is 164 Å². The van der Waals surface area contributed by atoms with Gasteiger partial charge in [-0.15, -0.1) is 10.2 Å². The summed E-state index contributed by atoms with van der Waals surface area (Å²) in [7, 11) is 2.17. The third-order valence-corrected chi connectivity index (χ3v) is 5.49. The number of phenols is 1. The summed E-state index contributed by atoms with van der Waals surface area (Å²) in [4.78, 5) is 13.3. The van der Waals surface area contributed by atoms with Gasteiger partial charge in [0, 0.05) is 43.2 Å². The number of fused-ring (bicyclic) bond motifs is 1. The zero-order valence-electron chi connectivity index (χ0n) is 17.0. The molecule has 1 aromatic carbocycles. The van der Waals surface area contributed by atoms with Gasteiger partial charge in [0.2, 0.25) is 5.95 Å². The quantitative estimate of drug-likeness (QED) is 0.739. The zero-order valence-corrected chi connectivity index (χ0v) is 17.0. The van der Waals surface area contributed by atoms with Crippen LogP contribution >= 0.6 is 0 Å². The summed E-state index contributed by atoms with van der Waals surface area (Å²) in [6, 6.07) is 3.76. The maximum absolute atomic E-state index is 10.3. The Morgan fingerprint density at radius 3 is 2.71 bits per heavy atom. The van der Waals surface area contributed by atoms with Crippen molar-refractivity contribution in [1.29, 1.82) is 0 Å². The Balaban J connectivity index is 1.54. The van der Waals surface area contributed by atoms with E-state index in [1.54, 1.807) is 25.3 Å². The van der Waals surface area contributed by atoms with Crippen LogP contribution in [0.5, 0.6) is 5.75 Å². The second-order valence-corrected chi connectivity index (χ2v) is 8.38. The predicted molar refractivity (Wildman–Crippen MR) is 107 cm³/mol. The Bertz CT molecular complexity index is 992. The molecule has 0 spiro atoms. The van der Waals surface area contributed by atoms with Crippen molar-refractivity contribution in [3.05, 3.63) is 24.2 Å². The van der Waals surface area contributed by atoms with Crippen LogP contribution in [-0.2, 0) is 0 Å². The molecule has 0 bridgehead atoms. The molecule has 4 rings (SSSR count). The average Bonchev–Trinajstić information content (AvgIpc) is 3.25. The normalized spacial score (nSPS) is 17.8. The molecule has 8 heteroatoms. The van der Waals surface area contributed by atoms with Gasteiger partial charge in [0.1, 0.15) is 17.0 Å². The molecule has 3 aromatic rings. The highest BCUT2D eigenvalue weighted by Gasteiger charge is 2.32. The molecule has 1 N–H and O–H groups in total. The number of benzene rings is 1. The van der Waals surface area contributed by atoms with Crippen LogP contribution in [0, 0.1) is 6.92 Å². The van der Waals surface area contributed by atoms with Gasteiger partial charge in [0.15, 0.2) is 11.5 Å². The predicted octanol–water partition coefficient (Wildman–Crippen LogP) is 3.00. The zero-order chi connectivity index (χ0) is 20.1. The van der Waals surface area contributed by atoms with Crippen molar-refractivity contribution in [2.45, 2.75) is 45.7 Å². The van der Waals surface area contributed by atoms with E-state index in [1.165, 1.54) is 0 Å². The van der Waals surface area contributed by atoms with Crippen molar-refractivity contribution in [2.24, 2.45) is 0 Å². The highest BCUT2D eigenvalue weighted by molar-refractivity contribution is 5.83. The van der Waals surface area contributed by atoms with Gasteiger partial charge in [-0.05, 0) is 40.3 Å². The number of nitrogens with zero attached hydrogens (tertiary/aromatic N) is 6. The molecular weight excluding hydrogens is 356 g/mol. The van der Waals surface area contributed by atoms with Crippen molar-refractivity contribution in [2.75, 3.05) is 25.0 Å². The van der Waals surface area contributed by atoms with Crippen molar-refractivity contribution >= 4 is 17.0 Å². The fourth-order valence-corrected chi connectivity index (χ4v) is 3.61. The van der Waals surface area contributed by atoms with Crippen LogP contribution < -0.4 is 4.90 Å². The van der Waals surface area contributed by atoms with Crippen LogP contribution in [0.3, 0.4) is 0 Å². The highest BCUT2D eigenvalue weighted by Crippen LogP contribution is 2.32. The molecule has 1 fully saturated rings. The summed E-state index contributed by atoms with van der Waals surface area (Å²) in [5.74, 6) is 1.25. The van der Waals surface area contributed by atoms with Gasteiger partial charge in [0.05, 0.1) is 6.20 Å². The summed E-state index contributed by atoms with van der Waals surface area (Å²) >= 11 is 0. The van der Waals surface area contributed by atoms with E-state index in [1.807, 2.05) is 0 Å². The smallest absolute Gasteiger partial charge is 0.245 e. The van der Waals surface area contributed by atoms with Gasteiger partial charge in [-0.3, -0.25) is 4.90 Å².